The third-order valence-corrected chi connectivity index (χ3v) is 2.59. The van der Waals surface area contributed by atoms with Gasteiger partial charge < -0.3 is 5.11 Å². The van der Waals surface area contributed by atoms with Crippen molar-refractivity contribution in [2.45, 2.75) is 26.8 Å². The number of rotatable bonds is 5. The highest BCUT2D eigenvalue weighted by atomic mass is 16.4. The maximum Gasteiger partial charge on any atom is 0.356 e. The van der Waals surface area contributed by atoms with E-state index in [1.165, 1.54) is 0 Å². The molecule has 0 saturated carbocycles. The van der Waals surface area contributed by atoms with Crippen LogP contribution in [0.5, 0.6) is 0 Å². The molecule has 0 spiro atoms. The molecule has 0 saturated heterocycles. The second kappa shape index (κ2) is 7.94. The van der Waals surface area contributed by atoms with Gasteiger partial charge in [0.25, 0.3) is 0 Å². The lowest BCUT2D eigenvalue weighted by Crippen LogP contribution is -2.04. The van der Waals surface area contributed by atoms with Crippen LogP contribution in [-0.4, -0.2) is 20.9 Å². The van der Waals surface area contributed by atoms with Crippen molar-refractivity contribution in [1.82, 2.24) is 9.78 Å². The molecule has 0 atom stereocenters. The van der Waals surface area contributed by atoms with E-state index >= 15 is 0 Å². The van der Waals surface area contributed by atoms with Crippen molar-refractivity contribution in [1.29, 1.82) is 0 Å². The van der Waals surface area contributed by atoms with Gasteiger partial charge in [0.1, 0.15) is 0 Å². The second-order valence-electron chi connectivity index (χ2n) is 3.98. The Balaban J connectivity index is 0.000000956. The van der Waals surface area contributed by atoms with E-state index < -0.39 is 5.97 Å². The van der Waals surface area contributed by atoms with E-state index in [2.05, 4.69) is 11.7 Å². The predicted molar refractivity (Wildman–Crippen MR) is 80.0 cm³/mol. The third-order valence-electron chi connectivity index (χ3n) is 2.59. The van der Waals surface area contributed by atoms with Crippen LogP contribution in [-0.2, 0) is 13.0 Å². The first-order valence-electron chi connectivity index (χ1n) is 6.65. The predicted octanol–water partition coefficient (Wildman–Crippen LogP) is 3.38. The molecule has 0 bridgehead atoms. The monoisotopic (exact) mass is 272 g/mol. The topological polar surface area (TPSA) is 55.1 Å². The van der Waals surface area contributed by atoms with Crippen molar-refractivity contribution in [2.24, 2.45) is 0 Å². The van der Waals surface area contributed by atoms with Crippen LogP contribution in [0.25, 0.3) is 0 Å². The van der Waals surface area contributed by atoms with Crippen molar-refractivity contribution < 1.29 is 9.90 Å². The summed E-state index contributed by atoms with van der Waals surface area (Å²) in [6.45, 7) is 8.19. The van der Waals surface area contributed by atoms with Gasteiger partial charge in [-0.05, 0) is 12.0 Å². The Morgan fingerprint density at radius 3 is 2.55 bits per heavy atom. The van der Waals surface area contributed by atoms with Gasteiger partial charge in [-0.1, -0.05) is 50.3 Å². The molecule has 0 amide bonds. The SMILES string of the molecule is C=CCc1cn(Cc2ccccc2)nc1C(=O)O.CC. The lowest BCUT2D eigenvalue weighted by molar-refractivity contribution is 0.0688. The van der Waals surface area contributed by atoms with Crippen LogP contribution in [0.2, 0.25) is 0 Å². The van der Waals surface area contributed by atoms with Crippen LogP contribution in [0.4, 0.5) is 0 Å². The fraction of sp³-hybridized carbons (Fsp3) is 0.250. The van der Waals surface area contributed by atoms with E-state index in [4.69, 9.17) is 5.11 Å². The maximum atomic E-state index is 11.1. The number of aromatic carboxylic acids is 1. The Morgan fingerprint density at radius 1 is 1.35 bits per heavy atom. The fourth-order valence-electron chi connectivity index (χ4n) is 1.80. The van der Waals surface area contributed by atoms with Crippen molar-refractivity contribution in [3.63, 3.8) is 0 Å². The molecule has 1 aromatic carbocycles. The lowest BCUT2D eigenvalue weighted by atomic mass is 10.2. The van der Waals surface area contributed by atoms with E-state index in [1.807, 2.05) is 44.2 Å². The Kier molecular flexibility index (Phi) is 6.23. The van der Waals surface area contributed by atoms with Gasteiger partial charge in [0.2, 0.25) is 0 Å². The summed E-state index contributed by atoms with van der Waals surface area (Å²) in [5, 5.41) is 13.2. The molecule has 0 aliphatic rings. The van der Waals surface area contributed by atoms with Gasteiger partial charge in [0.15, 0.2) is 5.69 Å². The average Bonchev–Trinajstić information content (AvgIpc) is 2.85. The van der Waals surface area contributed by atoms with E-state index in [-0.39, 0.29) is 5.69 Å². The molecule has 2 rings (SSSR count). The van der Waals surface area contributed by atoms with Crippen LogP contribution < -0.4 is 0 Å². The van der Waals surface area contributed by atoms with Crippen molar-refractivity contribution in [3.05, 3.63) is 66.0 Å². The minimum Gasteiger partial charge on any atom is -0.476 e. The fourth-order valence-corrected chi connectivity index (χ4v) is 1.80. The Labute approximate surface area is 119 Å². The minimum atomic E-state index is -1.00. The first kappa shape index (κ1) is 15.7. The average molecular weight is 272 g/mol. The highest BCUT2D eigenvalue weighted by Gasteiger charge is 2.14. The molecule has 0 aliphatic heterocycles. The van der Waals surface area contributed by atoms with Gasteiger partial charge >= 0.3 is 5.97 Å². The zero-order chi connectivity index (χ0) is 15.0. The maximum absolute atomic E-state index is 11.1. The van der Waals surface area contributed by atoms with Gasteiger partial charge in [-0.15, -0.1) is 6.58 Å². The normalized spacial score (nSPS) is 9.50. The summed E-state index contributed by atoms with van der Waals surface area (Å²) in [6.07, 6.45) is 3.95. The Morgan fingerprint density at radius 2 is 2.00 bits per heavy atom. The van der Waals surface area contributed by atoms with Gasteiger partial charge in [-0.25, -0.2) is 4.79 Å². The molecule has 0 unspecified atom stereocenters. The van der Waals surface area contributed by atoms with E-state index in [0.717, 1.165) is 5.56 Å². The standard InChI is InChI=1S/C14H14N2O2.C2H6/c1-2-6-12-10-16(15-13(12)14(17)18)9-11-7-4-3-5-8-11;1-2/h2-5,7-8,10H,1,6,9H2,(H,17,18);1-2H3. The molecule has 106 valence electrons. The van der Waals surface area contributed by atoms with Crippen LogP contribution in [0.15, 0.2) is 49.2 Å². The molecule has 1 aromatic heterocycles. The molecule has 20 heavy (non-hydrogen) atoms. The number of allylic oxidation sites excluding steroid dienone is 1. The molecule has 0 radical (unpaired) electrons. The molecule has 2 aromatic rings. The first-order valence-corrected chi connectivity index (χ1v) is 6.65. The number of carbonyl (C=O) groups is 1. The van der Waals surface area contributed by atoms with Crippen molar-refractivity contribution in [3.8, 4) is 0 Å². The summed E-state index contributed by atoms with van der Waals surface area (Å²) >= 11 is 0. The number of benzene rings is 1. The quantitative estimate of drug-likeness (QED) is 0.849. The summed E-state index contributed by atoms with van der Waals surface area (Å²) in [7, 11) is 0. The minimum absolute atomic E-state index is 0.103. The van der Waals surface area contributed by atoms with Gasteiger partial charge in [-0.3, -0.25) is 4.68 Å². The summed E-state index contributed by atoms with van der Waals surface area (Å²) in [6, 6.07) is 9.80. The van der Waals surface area contributed by atoms with Gasteiger partial charge in [0.05, 0.1) is 6.54 Å². The molecule has 1 heterocycles. The molecule has 4 nitrogen and oxygen atoms in total. The third kappa shape index (κ3) is 4.09. The highest BCUT2D eigenvalue weighted by molar-refractivity contribution is 5.87. The van der Waals surface area contributed by atoms with Crippen molar-refractivity contribution in [2.75, 3.05) is 0 Å². The molecular formula is C16H20N2O2. The van der Waals surface area contributed by atoms with E-state index in [0.29, 0.717) is 18.5 Å². The first-order chi connectivity index (χ1) is 9.70. The van der Waals surface area contributed by atoms with Gasteiger partial charge in [-0.2, -0.15) is 5.10 Å². The van der Waals surface area contributed by atoms with Crippen LogP contribution in [0.3, 0.4) is 0 Å². The summed E-state index contributed by atoms with van der Waals surface area (Å²) in [5.41, 5.74) is 1.88. The van der Waals surface area contributed by atoms with Gasteiger partial charge in [0, 0.05) is 11.8 Å². The molecule has 4 heteroatoms. The zero-order valence-corrected chi connectivity index (χ0v) is 11.9. The highest BCUT2D eigenvalue weighted by Crippen LogP contribution is 2.10. The molecule has 0 aliphatic carbocycles. The number of hydrogen-bond acceptors (Lipinski definition) is 2. The number of carboxylic acid groups (broad SMARTS) is 1. The van der Waals surface area contributed by atoms with E-state index in [1.54, 1.807) is 17.0 Å². The molecule has 1 N–H and O–H groups in total. The summed E-state index contributed by atoms with van der Waals surface area (Å²) in [5.74, 6) is -1.00. The Bertz CT molecular complexity index is 559. The summed E-state index contributed by atoms with van der Waals surface area (Å²) < 4.78 is 1.65. The van der Waals surface area contributed by atoms with Crippen LogP contribution >= 0.6 is 0 Å². The van der Waals surface area contributed by atoms with Crippen molar-refractivity contribution >= 4 is 5.97 Å². The largest absolute Gasteiger partial charge is 0.476 e. The number of aromatic nitrogens is 2. The number of nitrogens with zero attached hydrogens (tertiary/aromatic N) is 2. The van der Waals surface area contributed by atoms with E-state index in [9.17, 15) is 4.79 Å². The lowest BCUT2D eigenvalue weighted by Gasteiger charge is -2.00. The number of carboxylic acids is 1. The molecule has 0 fully saturated rings. The number of hydrogen-bond donors (Lipinski definition) is 1. The zero-order valence-electron chi connectivity index (χ0n) is 11.9. The second-order valence-corrected chi connectivity index (χ2v) is 3.98. The van der Waals surface area contributed by atoms with Crippen LogP contribution in [0.1, 0.15) is 35.5 Å². The smallest absolute Gasteiger partial charge is 0.356 e. The Hall–Kier alpha value is -2.36. The summed E-state index contributed by atoms with van der Waals surface area (Å²) in [4.78, 5) is 11.1. The van der Waals surface area contributed by atoms with Crippen LogP contribution in [0, 0.1) is 0 Å². The molecular weight excluding hydrogens is 252 g/mol.